The molecule has 116 valence electrons. The lowest BCUT2D eigenvalue weighted by Gasteiger charge is -2.22. The van der Waals surface area contributed by atoms with Gasteiger partial charge in [0.25, 0.3) is 0 Å². The predicted octanol–water partition coefficient (Wildman–Crippen LogP) is 2.69. The van der Waals surface area contributed by atoms with Crippen molar-refractivity contribution in [1.82, 2.24) is 14.7 Å². The molecule has 6 heteroatoms. The van der Waals surface area contributed by atoms with Crippen LogP contribution >= 0.6 is 11.3 Å². The molecule has 2 atom stereocenters. The predicted molar refractivity (Wildman–Crippen MR) is 84.6 cm³/mol. The molecule has 0 aliphatic heterocycles. The first kappa shape index (κ1) is 16.0. The molecule has 5 nitrogen and oxygen atoms in total. The van der Waals surface area contributed by atoms with Crippen molar-refractivity contribution < 1.29 is 9.53 Å². The van der Waals surface area contributed by atoms with E-state index in [0.717, 1.165) is 22.8 Å². The van der Waals surface area contributed by atoms with Crippen LogP contribution in [0.4, 0.5) is 0 Å². The summed E-state index contributed by atoms with van der Waals surface area (Å²) < 4.78 is 7.06. The molecule has 0 aliphatic carbocycles. The minimum absolute atomic E-state index is 0.204. The van der Waals surface area contributed by atoms with Crippen LogP contribution in [0.2, 0.25) is 0 Å². The molecule has 0 bridgehead atoms. The van der Waals surface area contributed by atoms with Crippen molar-refractivity contribution in [2.24, 2.45) is 5.92 Å². The lowest BCUT2D eigenvalue weighted by atomic mass is 9.99. The summed E-state index contributed by atoms with van der Waals surface area (Å²) in [6.07, 6.45) is 0.922. The zero-order valence-electron chi connectivity index (χ0n) is 13.3. The number of carbonyl (C=O) groups is 1. The molecule has 0 saturated heterocycles. The molecule has 2 heterocycles. The van der Waals surface area contributed by atoms with Gasteiger partial charge in [0, 0.05) is 17.6 Å². The van der Waals surface area contributed by atoms with Crippen LogP contribution in [0.1, 0.15) is 37.4 Å². The molecule has 0 saturated carbocycles. The number of fused-ring (bicyclic) bond motifs is 1. The number of nitrogens with zero attached hydrogens (tertiary/aromatic N) is 2. The monoisotopic (exact) mass is 309 g/mol. The minimum Gasteiger partial charge on any atom is -0.468 e. The summed E-state index contributed by atoms with van der Waals surface area (Å²) in [4.78, 5) is 17.5. The van der Waals surface area contributed by atoms with E-state index in [0.29, 0.717) is 6.54 Å². The van der Waals surface area contributed by atoms with E-state index < -0.39 is 0 Å². The number of hydrogen-bond donors (Lipinski definition) is 1. The lowest BCUT2D eigenvalue weighted by molar-refractivity contribution is -0.144. The summed E-state index contributed by atoms with van der Waals surface area (Å²) in [5, 5.41) is 5.44. The average molecular weight is 309 g/mol. The Bertz CT molecular complexity index is 632. The van der Waals surface area contributed by atoms with Gasteiger partial charge in [0.15, 0.2) is 4.96 Å². The topological polar surface area (TPSA) is 55.6 Å². The number of carbonyl (C=O) groups excluding carboxylic acids is 1. The van der Waals surface area contributed by atoms with E-state index >= 15 is 0 Å². The van der Waals surface area contributed by atoms with Gasteiger partial charge in [-0.1, -0.05) is 20.3 Å². The summed E-state index contributed by atoms with van der Waals surface area (Å²) in [7, 11) is 1.44. The Balaban J connectivity index is 2.21. The van der Waals surface area contributed by atoms with Gasteiger partial charge in [-0.3, -0.25) is 14.5 Å². The molecule has 0 amide bonds. The number of aryl methyl sites for hydroxylation is 2. The van der Waals surface area contributed by atoms with Crippen LogP contribution in [0.3, 0.4) is 0 Å². The fourth-order valence-electron chi connectivity index (χ4n) is 2.46. The molecule has 0 radical (unpaired) electrons. The van der Waals surface area contributed by atoms with E-state index in [2.05, 4.69) is 40.9 Å². The molecule has 2 unspecified atom stereocenters. The first-order chi connectivity index (χ1) is 9.99. The SMILES string of the molecule is CCC(C)C(NCc1c(C)nc2scc(C)n12)C(=O)OC. The number of thiazole rings is 1. The van der Waals surface area contributed by atoms with E-state index in [9.17, 15) is 4.79 Å². The Labute approximate surface area is 129 Å². The van der Waals surface area contributed by atoms with Crippen LogP contribution in [0.5, 0.6) is 0 Å². The minimum atomic E-state index is -0.288. The van der Waals surface area contributed by atoms with Crippen LogP contribution in [0.25, 0.3) is 4.96 Å². The standard InChI is InChI=1S/C15H23N3O2S/c1-6-9(2)13(14(19)20-5)16-7-12-11(4)17-15-18(12)10(3)8-21-15/h8-9,13,16H,6-7H2,1-5H3. The fourth-order valence-corrected chi connectivity index (χ4v) is 3.39. The van der Waals surface area contributed by atoms with E-state index in [1.54, 1.807) is 11.3 Å². The number of imidazole rings is 1. The summed E-state index contributed by atoms with van der Waals surface area (Å²) in [6.45, 7) is 8.82. The summed E-state index contributed by atoms with van der Waals surface area (Å²) in [5.74, 6) is 0.0227. The zero-order chi connectivity index (χ0) is 15.6. The van der Waals surface area contributed by atoms with Gasteiger partial charge in [0.2, 0.25) is 0 Å². The highest BCUT2D eigenvalue weighted by atomic mass is 32.1. The second-order valence-electron chi connectivity index (χ2n) is 5.41. The third kappa shape index (κ3) is 3.11. The van der Waals surface area contributed by atoms with E-state index in [-0.39, 0.29) is 17.9 Å². The van der Waals surface area contributed by atoms with Gasteiger partial charge >= 0.3 is 5.97 Å². The first-order valence-corrected chi connectivity index (χ1v) is 8.10. The van der Waals surface area contributed by atoms with Crippen LogP contribution in [-0.4, -0.2) is 28.5 Å². The molecule has 21 heavy (non-hydrogen) atoms. The van der Waals surface area contributed by atoms with Crippen molar-refractivity contribution in [3.05, 3.63) is 22.5 Å². The Hall–Kier alpha value is -1.40. The summed E-state index contributed by atoms with van der Waals surface area (Å²) in [6, 6.07) is -0.288. The van der Waals surface area contributed by atoms with Gasteiger partial charge in [-0.25, -0.2) is 4.98 Å². The van der Waals surface area contributed by atoms with Gasteiger partial charge in [0.05, 0.1) is 18.5 Å². The van der Waals surface area contributed by atoms with Crippen molar-refractivity contribution in [2.75, 3.05) is 7.11 Å². The smallest absolute Gasteiger partial charge is 0.323 e. The maximum Gasteiger partial charge on any atom is 0.323 e. The number of rotatable bonds is 6. The largest absolute Gasteiger partial charge is 0.468 e. The molecule has 2 aromatic heterocycles. The fraction of sp³-hybridized carbons (Fsp3) is 0.600. The van der Waals surface area contributed by atoms with Gasteiger partial charge in [-0.15, -0.1) is 11.3 Å². The molecule has 2 rings (SSSR count). The Morgan fingerprint density at radius 1 is 1.52 bits per heavy atom. The van der Waals surface area contributed by atoms with Crippen molar-refractivity contribution in [1.29, 1.82) is 0 Å². The molecule has 0 spiro atoms. The number of hydrogen-bond acceptors (Lipinski definition) is 5. The molecule has 1 N–H and O–H groups in total. The highest BCUT2D eigenvalue weighted by Gasteiger charge is 2.25. The average Bonchev–Trinajstić information content (AvgIpc) is 2.98. The van der Waals surface area contributed by atoms with Gasteiger partial charge in [0.1, 0.15) is 6.04 Å². The molecular formula is C15H23N3O2S. The third-order valence-corrected chi connectivity index (χ3v) is 4.93. The maximum atomic E-state index is 11.9. The van der Waals surface area contributed by atoms with Crippen molar-refractivity contribution in [3.63, 3.8) is 0 Å². The van der Waals surface area contributed by atoms with Crippen molar-refractivity contribution >= 4 is 22.3 Å². The van der Waals surface area contributed by atoms with Crippen molar-refractivity contribution in [3.8, 4) is 0 Å². The number of ether oxygens (including phenoxy) is 1. The number of nitrogens with one attached hydrogen (secondary N) is 1. The number of esters is 1. The van der Waals surface area contributed by atoms with Crippen LogP contribution in [-0.2, 0) is 16.1 Å². The molecular weight excluding hydrogens is 286 g/mol. The number of aromatic nitrogens is 2. The maximum absolute atomic E-state index is 11.9. The normalized spacial score (nSPS) is 14.3. The second kappa shape index (κ2) is 6.58. The third-order valence-electron chi connectivity index (χ3n) is 3.99. The van der Waals surface area contributed by atoms with E-state index in [1.807, 2.05) is 6.92 Å². The van der Waals surface area contributed by atoms with Gasteiger partial charge in [-0.05, 0) is 19.8 Å². The highest BCUT2D eigenvalue weighted by molar-refractivity contribution is 7.15. The van der Waals surface area contributed by atoms with Gasteiger partial charge < -0.3 is 4.74 Å². The quantitative estimate of drug-likeness (QED) is 0.834. The molecule has 0 fully saturated rings. The summed E-state index contributed by atoms with van der Waals surface area (Å²) in [5.41, 5.74) is 3.29. The van der Waals surface area contributed by atoms with Crippen LogP contribution in [0.15, 0.2) is 5.38 Å². The lowest BCUT2D eigenvalue weighted by Crippen LogP contribution is -2.42. The first-order valence-electron chi connectivity index (χ1n) is 7.22. The number of methoxy groups -OCH3 is 1. The molecule has 2 aromatic rings. The molecule has 0 aromatic carbocycles. The second-order valence-corrected chi connectivity index (χ2v) is 6.24. The summed E-state index contributed by atoms with van der Waals surface area (Å²) >= 11 is 1.64. The van der Waals surface area contributed by atoms with E-state index in [4.69, 9.17) is 4.74 Å². The molecule has 0 aliphatic rings. The van der Waals surface area contributed by atoms with Gasteiger partial charge in [-0.2, -0.15) is 0 Å². The Morgan fingerprint density at radius 3 is 2.86 bits per heavy atom. The Morgan fingerprint density at radius 2 is 2.24 bits per heavy atom. The van der Waals surface area contributed by atoms with Crippen LogP contribution in [0, 0.1) is 19.8 Å². The van der Waals surface area contributed by atoms with Crippen LogP contribution < -0.4 is 5.32 Å². The highest BCUT2D eigenvalue weighted by Crippen LogP contribution is 2.21. The zero-order valence-corrected chi connectivity index (χ0v) is 14.1. The van der Waals surface area contributed by atoms with E-state index in [1.165, 1.54) is 12.8 Å². The van der Waals surface area contributed by atoms with Crippen molar-refractivity contribution in [2.45, 2.75) is 46.7 Å². The Kier molecular flexibility index (Phi) is 5.00.